The van der Waals surface area contributed by atoms with Gasteiger partial charge in [0.2, 0.25) is 10.3 Å². The zero-order valence-electron chi connectivity index (χ0n) is 13.8. The summed E-state index contributed by atoms with van der Waals surface area (Å²) in [6.07, 6.45) is 0. The molecule has 6 heteroatoms. The highest BCUT2D eigenvalue weighted by atomic mass is 32.2. The van der Waals surface area contributed by atoms with Gasteiger partial charge in [-0.15, -0.1) is 10.2 Å². The third-order valence-electron chi connectivity index (χ3n) is 3.53. The first-order valence-electron chi connectivity index (χ1n) is 7.69. The molecule has 0 aliphatic rings. The number of nitrogens with two attached hydrogens (primary N) is 1. The van der Waals surface area contributed by atoms with E-state index in [0.29, 0.717) is 0 Å². The number of hydrogen-bond donors (Lipinski definition) is 1. The van der Waals surface area contributed by atoms with Crippen LogP contribution in [0.5, 0.6) is 0 Å². The molecule has 0 atom stereocenters. The second-order valence-corrected chi connectivity index (χ2v) is 7.58. The summed E-state index contributed by atoms with van der Waals surface area (Å²) in [5.74, 6) is 7.81. The van der Waals surface area contributed by atoms with Crippen molar-refractivity contribution in [3.8, 4) is 0 Å². The Morgan fingerprint density at radius 3 is 1.71 bits per heavy atom. The molecule has 4 nitrogen and oxygen atoms in total. The molecule has 124 valence electrons. The largest absolute Gasteiger partial charge is 0.335 e. The van der Waals surface area contributed by atoms with Gasteiger partial charge in [-0.1, -0.05) is 83.2 Å². The number of rotatable bonds is 6. The summed E-state index contributed by atoms with van der Waals surface area (Å²) in [5, 5.41) is 9.90. The third kappa shape index (κ3) is 4.33. The van der Waals surface area contributed by atoms with Crippen LogP contribution in [-0.4, -0.2) is 14.9 Å². The Morgan fingerprint density at radius 2 is 1.29 bits per heavy atom. The zero-order valence-corrected chi connectivity index (χ0v) is 15.4. The molecule has 0 amide bonds. The molecule has 0 spiro atoms. The number of hydrogen-bond acceptors (Lipinski definition) is 5. The van der Waals surface area contributed by atoms with Gasteiger partial charge in [-0.05, 0) is 25.0 Å². The summed E-state index contributed by atoms with van der Waals surface area (Å²) in [6, 6.07) is 16.9. The van der Waals surface area contributed by atoms with E-state index in [1.807, 2.05) is 0 Å². The van der Waals surface area contributed by atoms with Crippen LogP contribution in [0.15, 0.2) is 58.8 Å². The second kappa shape index (κ2) is 7.77. The Hall–Kier alpha value is -1.92. The summed E-state index contributed by atoms with van der Waals surface area (Å²) in [5.41, 5.74) is 5.04. The van der Waals surface area contributed by atoms with E-state index >= 15 is 0 Å². The van der Waals surface area contributed by atoms with Gasteiger partial charge in [-0.3, -0.25) is 0 Å². The molecule has 0 radical (unpaired) electrons. The fourth-order valence-electron chi connectivity index (χ4n) is 2.36. The molecule has 0 aliphatic heterocycles. The lowest BCUT2D eigenvalue weighted by atomic mass is 10.2. The van der Waals surface area contributed by atoms with Crippen LogP contribution in [0.2, 0.25) is 0 Å². The lowest BCUT2D eigenvalue weighted by Gasteiger charge is -2.05. The van der Waals surface area contributed by atoms with Crippen molar-refractivity contribution in [2.45, 2.75) is 35.7 Å². The van der Waals surface area contributed by atoms with Crippen molar-refractivity contribution in [3.05, 3.63) is 70.8 Å². The Morgan fingerprint density at radius 1 is 0.833 bits per heavy atom. The monoisotopic (exact) mass is 356 g/mol. The van der Waals surface area contributed by atoms with Crippen molar-refractivity contribution < 1.29 is 0 Å². The van der Waals surface area contributed by atoms with Gasteiger partial charge in [-0.25, -0.2) is 4.68 Å². The van der Waals surface area contributed by atoms with Gasteiger partial charge in [0.1, 0.15) is 0 Å². The molecule has 0 saturated carbocycles. The number of thioether (sulfide) groups is 2. The molecule has 0 saturated heterocycles. The van der Waals surface area contributed by atoms with Crippen molar-refractivity contribution >= 4 is 23.5 Å². The molecular formula is C18H20N4S2. The van der Waals surface area contributed by atoms with E-state index in [2.05, 4.69) is 72.6 Å². The van der Waals surface area contributed by atoms with E-state index in [1.54, 1.807) is 28.2 Å². The molecule has 1 heterocycles. The maximum atomic E-state index is 6.14. The van der Waals surface area contributed by atoms with Crippen molar-refractivity contribution in [1.82, 2.24) is 14.9 Å². The molecule has 1 aromatic heterocycles. The molecule has 24 heavy (non-hydrogen) atoms. The Balaban J connectivity index is 1.61. The lowest BCUT2D eigenvalue weighted by Crippen LogP contribution is -2.11. The predicted octanol–water partition coefficient (Wildman–Crippen LogP) is 4.19. The first kappa shape index (κ1) is 16.9. The van der Waals surface area contributed by atoms with Gasteiger partial charge in [0.15, 0.2) is 0 Å². The van der Waals surface area contributed by atoms with E-state index < -0.39 is 0 Å². The van der Waals surface area contributed by atoms with Crippen LogP contribution in [-0.2, 0) is 11.5 Å². The highest BCUT2D eigenvalue weighted by Gasteiger charge is 2.11. The van der Waals surface area contributed by atoms with E-state index in [-0.39, 0.29) is 0 Å². The number of aromatic nitrogens is 3. The third-order valence-corrected chi connectivity index (χ3v) is 5.56. The summed E-state index contributed by atoms with van der Waals surface area (Å²) in [4.78, 5) is 0. The standard InChI is InChI=1S/C18H20N4S2/c1-13-5-3-7-15(9-13)11-23-17-20-21-18(22(17)19)24-12-16-8-4-6-14(2)10-16/h3-10H,11-12,19H2,1-2H3. The highest BCUT2D eigenvalue weighted by Crippen LogP contribution is 2.26. The van der Waals surface area contributed by atoms with Crippen molar-refractivity contribution in [1.29, 1.82) is 0 Å². The van der Waals surface area contributed by atoms with Gasteiger partial charge in [0.05, 0.1) is 0 Å². The first-order valence-corrected chi connectivity index (χ1v) is 9.66. The van der Waals surface area contributed by atoms with Crippen molar-refractivity contribution in [3.63, 3.8) is 0 Å². The van der Waals surface area contributed by atoms with Gasteiger partial charge >= 0.3 is 0 Å². The molecule has 0 bridgehead atoms. The van der Waals surface area contributed by atoms with Gasteiger partial charge in [0.25, 0.3) is 0 Å². The Labute approximate surface area is 150 Å². The SMILES string of the molecule is Cc1cccc(CSc2nnc(SCc3cccc(C)c3)n2N)c1. The van der Waals surface area contributed by atoms with E-state index in [0.717, 1.165) is 21.8 Å². The van der Waals surface area contributed by atoms with Crippen LogP contribution >= 0.6 is 23.5 Å². The van der Waals surface area contributed by atoms with Gasteiger partial charge in [0, 0.05) is 11.5 Å². The maximum Gasteiger partial charge on any atom is 0.210 e. The summed E-state index contributed by atoms with van der Waals surface area (Å²) in [7, 11) is 0. The fraction of sp³-hybridized carbons (Fsp3) is 0.222. The summed E-state index contributed by atoms with van der Waals surface area (Å²) in [6.45, 7) is 4.19. The Kier molecular flexibility index (Phi) is 5.48. The van der Waals surface area contributed by atoms with Crippen LogP contribution in [0.1, 0.15) is 22.3 Å². The van der Waals surface area contributed by atoms with E-state index in [1.165, 1.54) is 22.3 Å². The number of aryl methyl sites for hydroxylation is 2. The molecule has 2 N–H and O–H groups in total. The normalized spacial score (nSPS) is 10.9. The second-order valence-electron chi connectivity index (χ2n) is 5.69. The first-order chi connectivity index (χ1) is 11.6. The van der Waals surface area contributed by atoms with Crippen LogP contribution in [0, 0.1) is 13.8 Å². The minimum absolute atomic E-state index is 0.739. The summed E-state index contributed by atoms with van der Waals surface area (Å²) >= 11 is 3.21. The van der Waals surface area contributed by atoms with Crippen molar-refractivity contribution in [2.24, 2.45) is 0 Å². The van der Waals surface area contributed by atoms with Crippen LogP contribution < -0.4 is 5.84 Å². The lowest BCUT2D eigenvalue weighted by molar-refractivity contribution is 0.781. The molecule has 3 rings (SSSR count). The van der Waals surface area contributed by atoms with Crippen LogP contribution in [0.3, 0.4) is 0 Å². The average molecular weight is 357 g/mol. The summed E-state index contributed by atoms with van der Waals surface area (Å²) < 4.78 is 1.58. The smallest absolute Gasteiger partial charge is 0.210 e. The minimum atomic E-state index is 0.739. The zero-order chi connectivity index (χ0) is 16.9. The van der Waals surface area contributed by atoms with E-state index in [9.17, 15) is 0 Å². The van der Waals surface area contributed by atoms with E-state index in [4.69, 9.17) is 5.84 Å². The molecule has 0 fully saturated rings. The average Bonchev–Trinajstić information content (AvgIpc) is 2.91. The molecule has 0 unspecified atom stereocenters. The number of nitrogens with zero attached hydrogens (tertiary/aromatic N) is 3. The molecular weight excluding hydrogens is 336 g/mol. The molecule has 2 aromatic carbocycles. The number of benzene rings is 2. The Bertz CT molecular complexity index is 762. The topological polar surface area (TPSA) is 56.7 Å². The fourth-order valence-corrected chi connectivity index (χ4v) is 4.02. The van der Waals surface area contributed by atoms with Crippen LogP contribution in [0.25, 0.3) is 0 Å². The highest BCUT2D eigenvalue weighted by molar-refractivity contribution is 7.99. The van der Waals surface area contributed by atoms with Gasteiger partial charge < -0.3 is 5.84 Å². The quantitative estimate of drug-likeness (QED) is 0.530. The van der Waals surface area contributed by atoms with Crippen molar-refractivity contribution in [2.75, 3.05) is 5.84 Å². The minimum Gasteiger partial charge on any atom is -0.335 e. The van der Waals surface area contributed by atoms with Crippen LogP contribution in [0.4, 0.5) is 0 Å². The molecule has 0 aliphatic carbocycles. The van der Waals surface area contributed by atoms with Gasteiger partial charge in [-0.2, -0.15) is 0 Å². The molecule has 3 aromatic rings. The predicted molar refractivity (Wildman–Crippen MR) is 102 cm³/mol. The number of nitrogen functional groups attached to an aromatic ring is 1. The maximum absolute atomic E-state index is 6.14.